The summed E-state index contributed by atoms with van der Waals surface area (Å²) in [5.41, 5.74) is 1.85. The maximum atomic E-state index is 13.3. The number of benzene rings is 1. The van der Waals surface area contributed by atoms with Crippen LogP contribution in [-0.2, 0) is 12.8 Å². The molecule has 0 aliphatic rings. The lowest BCUT2D eigenvalue weighted by atomic mass is 10.0. The monoisotopic (exact) mass is 290 g/mol. The molecule has 1 aromatic heterocycles. The third kappa shape index (κ3) is 4.90. The van der Waals surface area contributed by atoms with E-state index < -0.39 is 11.6 Å². The number of hydrogen-bond acceptors (Lipinski definition) is 2. The van der Waals surface area contributed by atoms with Crippen LogP contribution in [0.3, 0.4) is 0 Å². The van der Waals surface area contributed by atoms with E-state index in [1.165, 1.54) is 12.1 Å². The van der Waals surface area contributed by atoms with Gasteiger partial charge in [-0.25, -0.2) is 8.78 Å². The molecule has 1 atom stereocenters. The highest BCUT2D eigenvalue weighted by Gasteiger charge is 2.11. The first kappa shape index (κ1) is 15.6. The molecular formula is C17H20F2N2. The van der Waals surface area contributed by atoms with Crippen molar-refractivity contribution in [2.45, 2.75) is 32.2 Å². The van der Waals surface area contributed by atoms with E-state index in [-0.39, 0.29) is 6.04 Å². The largest absolute Gasteiger partial charge is 0.314 e. The zero-order valence-electron chi connectivity index (χ0n) is 12.2. The normalized spacial score (nSPS) is 12.3. The van der Waals surface area contributed by atoms with E-state index in [0.717, 1.165) is 30.6 Å². The maximum Gasteiger partial charge on any atom is 0.159 e. The summed E-state index contributed by atoms with van der Waals surface area (Å²) in [6.07, 6.45) is 4.23. The van der Waals surface area contributed by atoms with Gasteiger partial charge in [0.05, 0.1) is 0 Å². The van der Waals surface area contributed by atoms with Crippen molar-refractivity contribution in [3.63, 3.8) is 0 Å². The van der Waals surface area contributed by atoms with E-state index in [1.807, 2.05) is 25.1 Å². The summed E-state index contributed by atoms with van der Waals surface area (Å²) >= 11 is 0. The summed E-state index contributed by atoms with van der Waals surface area (Å²) in [6.45, 7) is 2.88. The standard InChI is InChI=1S/C17H20F2N2/c1-2-20-15(8-7-14-5-3-4-10-21-14)11-13-6-9-16(18)17(19)12-13/h3-6,9-10,12,15,20H,2,7-8,11H2,1H3. The van der Waals surface area contributed by atoms with Crippen LogP contribution in [0.5, 0.6) is 0 Å². The molecule has 4 heteroatoms. The fourth-order valence-electron chi connectivity index (χ4n) is 2.38. The van der Waals surface area contributed by atoms with Crippen LogP contribution < -0.4 is 5.32 Å². The predicted octanol–water partition coefficient (Wildman–Crippen LogP) is 3.51. The van der Waals surface area contributed by atoms with E-state index >= 15 is 0 Å². The molecule has 0 bridgehead atoms. The van der Waals surface area contributed by atoms with Gasteiger partial charge in [0.15, 0.2) is 11.6 Å². The summed E-state index contributed by atoms with van der Waals surface area (Å²) in [5, 5.41) is 3.39. The first-order valence-electron chi connectivity index (χ1n) is 7.26. The summed E-state index contributed by atoms with van der Waals surface area (Å²) in [7, 11) is 0. The maximum absolute atomic E-state index is 13.3. The zero-order chi connectivity index (χ0) is 15.1. The number of likely N-dealkylation sites (N-methyl/N-ethyl adjacent to an activating group) is 1. The van der Waals surface area contributed by atoms with Gasteiger partial charge >= 0.3 is 0 Å². The Morgan fingerprint density at radius 1 is 1.14 bits per heavy atom. The predicted molar refractivity (Wildman–Crippen MR) is 80.1 cm³/mol. The van der Waals surface area contributed by atoms with Gasteiger partial charge in [0.2, 0.25) is 0 Å². The molecule has 0 fully saturated rings. The highest BCUT2D eigenvalue weighted by atomic mass is 19.2. The Bertz CT molecular complexity index is 558. The van der Waals surface area contributed by atoms with Gasteiger partial charge in [-0.05, 0) is 55.6 Å². The second-order valence-corrected chi connectivity index (χ2v) is 5.07. The number of hydrogen-bond donors (Lipinski definition) is 1. The minimum atomic E-state index is -0.799. The zero-order valence-corrected chi connectivity index (χ0v) is 12.2. The molecule has 1 heterocycles. The number of pyridine rings is 1. The Balaban J connectivity index is 1.96. The lowest BCUT2D eigenvalue weighted by Gasteiger charge is -2.18. The van der Waals surface area contributed by atoms with Crippen LogP contribution in [0, 0.1) is 11.6 Å². The van der Waals surface area contributed by atoms with Gasteiger partial charge in [-0.1, -0.05) is 19.1 Å². The topological polar surface area (TPSA) is 24.9 Å². The Morgan fingerprint density at radius 2 is 2.00 bits per heavy atom. The van der Waals surface area contributed by atoms with Gasteiger partial charge in [0, 0.05) is 17.9 Å². The molecule has 0 saturated carbocycles. The molecule has 1 aromatic carbocycles. The Hall–Kier alpha value is -1.81. The summed E-state index contributed by atoms with van der Waals surface area (Å²) in [6, 6.07) is 10.2. The molecule has 1 unspecified atom stereocenters. The van der Waals surface area contributed by atoms with Crippen molar-refractivity contribution in [1.82, 2.24) is 10.3 Å². The van der Waals surface area contributed by atoms with Crippen molar-refractivity contribution in [2.24, 2.45) is 0 Å². The number of rotatable bonds is 7. The third-order valence-electron chi connectivity index (χ3n) is 3.43. The molecule has 0 aliphatic heterocycles. The first-order chi connectivity index (χ1) is 10.2. The highest BCUT2D eigenvalue weighted by molar-refractivity contribution is 5.19. The van der Waals surface area contributed by atoms with Crippen LogP contribution in [0.1, 0.15) is 24.6 Å². The molecule has 0 saturated heterocycles. The SMILES string of the molecule is CCNC(CCc1ccccn1)Cc1ccc(F)c(F)c1. The lowest BCUT2D eigenvalue weighted by Crippen LogP contribution is -2.31. The third-order valence-corrected chi connectivity index (χ3v) is 3.43. The van der Waals surface area contributed by atoms with Crippen LogP contribution >= 0.6 is 0 Å². The van der Waals surface area contributed by atoms with Crippen molar-refractivity contribution in [2.75, 3.05) is 6.54 Å². The average molecular weight is 290 g/mol. The van der Waals surface area contributed by atoms with Crippen LogP contribution in [0.25, 0.3) is 0 Å². The number of aromatic nitrogens is 1. The first-order valence-corrected chi connectivity index (χ1v) is 7.26. The average Bonchev–Trinajstić information content (AvgIpc) is 2.50. The van der Waals surface area contributed by atoms with Gasteiger partial charge < -0.3 is 5.32 Å². The summed E-state index contributed by atoms with van der Waals surface area (Å²) in [4.78, 5) is 4.31. The minimum Gasteiger partial charge on any atom is -0.314 e. The van der Waals surface area contributed by atoms with Crippen LogP contribution in [-0.4, -0.2) is 17.6 Å². The molecule has 0 spiro atoms. The van der Waals surface area contributed by atoms with Gasteiger partial charge in [-0.2, -0.15) is 0 Å². The number of aryl methyl sites for hydroxylation is 1. The Morgan fingerprint density at radius 3 is 2.67 bits per heavy atom. The molecule has 21 heavy (non-hydrogen) atoms. The fourth-order valence-corrected chi connectivity index (χ4v) is 2.38. The number of nitrogens with zero attached hydrogens (tertiary/aromatic N) is 1. The molecule has 112 valence electrons. The number of nitrogens with one attached hydrogen (secondary N) is 1. The Labute approximate surface area is 124 Å². The molecule has 0 amide bonds. The second-order valence-electron chi connectivity index (χ2n) is 5.07. The van der Waals surface area contributed by atoms with Gasteiger partial charge in [-0.15, -0.1) is 0 Å². The van der Waals surface area contributed by atoms with Crippen molar-refractivity contribution in [1.29, 1.82) is 0 Å². The van der Waals surface area contributed by atoms with Crippen molar-refractivity contribution in [3.8, 4) is 0 Å². The van der Waals surface area contributed by atoms with Gasteiger partial charge in [0.1, 0.15) is 0 Å². The van der Waals surface area contributed by atoms with Crippen LogP contribution in [0.4, 0.5) is 8.78 Å². The minimum absolute atomic E-state index is 0.224. The van der Waals surface area contributed by atoms with E-state index in [1.54, 1.807) is 12.3 Å². The van der Waals surface area contributed by atoms with Crippen LogP contribution in [0.15, 0.2) is 42.6 Å². The molecular weight excluding hydrogens is 270 g/mol. The van der Waals surface area contributed by atoms with Gasteiger partial charge in [-0.3, -0.25) is 4.98 Å². The van der Waals surface area contributed by atoms with E-state index in [9.17, 15) is 8.78 Å². The second kappa shape index (κ2) is 7.84. The molecule has 2 nitrogen and oxygen atoms in total. The summed E-state index contributed by atoms with van der Waals surface area (Å²) in [5.74, 6) is -1.58. The molecule has 1 N–H and O–H groups in total. The van der Waals surface area contributed by atoms with E-state index in [4.69, 9.17) is 0 Å². The van der Waals surface area contributed by atoms with E-state index in [0.29, 0.717) is 6.42 Å². The van der Waals surface area contributed by atoms with Crippen molar-refractivity contribution in [3.05, 3.63) is 65.5 Å². The van der Waals surface area contributed by atoms with E-state index in [2.05, 4.69) is 10.3 Å². The molecule has 2 rings (SSSR count). The number of halogens is 2. The molecule has 2 aromatic rings. The molecule has 0 radical (unpaired) electrons. The fraction of sp³-hybridized carbons (Fsp3) is 0.353. The van der Waals surface area contributed by atoms with Gasteiger partial charge in [0.25, 0.3) is 0 Å². The highest BCUT2D eigenvalue weighted by Crippen LogP contribution is 2.13. The smallest absolute Gasteiger partial charge is 0.159 e. The van der Waals surface area contributed by atoms with Crippen LogP contribution in [0.2, 0.25) is 0 Å². The quantitative estimate of drug-likeness (QED) is 0.844. The summed E-state index contributed by atoms with van der Waals surface area (Å²) < 4.78 is 26.2. The Kier molecular flexibility index (Phi) is 5.81. The lowest BCUT2D eigenvalue weighted by molar-refractivity contribution is 0.481. The van der Waals surface area contributed by atoms with Crippen molar-refractivity contribution >= 4 is 0 Å². The van der Waals surface area contributed by atoms with Crippen molar-refractivity contribution < 1.29 is 8.78 Å². The molecule has 0 aliphatic carbocycles.